The molecule has 0 saturated heterocycles. The maximum absolute atomic E-state index is 12.5. The summed E-state index contributed by atoms with van der Waals surface area (Å²) in [6.07, 6.45) is 7.08. The van der Waals surface area contributed by atoms with Gasteiger partial charge in [0.2, 0.25) is 0 Å². The molecular weight excluding hydrogens is 342 g/mol. The molecular formula is C22H25NO2S. The molecule has 4 bridgehead atoms. The number of benzene rings is 2. The van der Waals surface area contributed by atoms with Crippen LogP contribution in [-0.2, 0) is 10.0 Å². The molecule has 0 heterocycles. The van der Waals surface area contributed by atoms with Crippen molar-refractivity contribution in [3.8, 4) is 0 Å². The predicted octanol–water partition coefficient (Wildman–Crippen LogP) is 5.03. The van der Waals surface area contributed by atoms with E-state index in [0.29, 0.717) is 16.5 Å². The second-order valence-corrected chi connectivity index (χ2v) is 10.2. The number of anilines is 1. The van der Waals surface area contributed by atoms with Crippen LogP contribution in [0.3, 0.4) is 0 Å². The Balaban J connectivity index is 1.35. The fourth-order valence-electron chi connectivity index (χ4n) is 6.06. The molecule has 1 N–H and O–H groups in total. The molecule has 4 fully saturated rings. The van der Waals surface area contributed by atoms with E-state index in [1.54, 1.807) is 24.3 Å². The fraction of sp³-hybridized carbons (Fsp3) is 0.455. The van der Waals surface area contributed by atoms with Crippen LogP contribution in [0.25, 0.3) is 0 Å². The summed E-state index contributed by atoms with van der Waals surface area (Å²) in [6, 6.07) is 16.7. The Labute approximate surface area is 155 Å². The van der Waals surface area contributed by atoms with E-state index in [0.717, 1.165) is 23.7 Å². The summed E-state index contributed by atoms with van der Waals surface area (Å²) >= 11 is 0. The van der Waals surface area contributed by atoms with E-state index in [1.807, 2.05) is 18.2 Å². The molecule has 2 aromatic carbocycles. The van der Waals surface area contributed by atoms with Gasteiger partial charge >= 0.3 is 0 Å². The third kappa shape index (κ3) is 2.84. The molecule has 4 aliphatic rings. The highest BCUT2D eigenvalue weighted by Gasteiger charge is 2.48. The SMILES string of the molecule is O=S(=O)(Nc1ccc(C2C3CC4CC(C3)CC2C4)cc1)c1ccccc1. The van der Waals surface area contributed by atoms with Gasteiger partial charge in [0.1, 0.15) is 0 Å². The average Bonchev–Trinajstić information content (AvgIpc) is 2.63. The number of sulfonamides is 1. The topological polar surface area (TPSA) is 46.2 Å². The van der Waals surface area contributed by atoms with Crippen LogP contribution in [0, 0.1) is 23.7 Å². The Bertz CT molecular complexity index is 861. The Hall–Kier alpha value is -1.81. The van der Waals surface area contributed by atoms with Crippen molar-refractivity contribution in [3.63, 3.8) is 0 Å². The number of hydrogen-bond donors (Lipinski definition) is 1. The zero-order chi connectivity index (χ0) is 17.7. The maximum Gasteiger partial charge on any atom is 0.261 e. The molecule has 0 atom stereocenters. The summed E-state index contributed by atoms with van der Waals surface area (Å²) in [4.78, 5) is 0.296. The largest absolute Gasteiger partial charge is 0.280 e. The molecule has 0 amide bonds. The van der Waals surface area contributed by atoms with Gasteiger partial charge in [-0.1, -0.05) is 30.3 Å². The highest BCUT2D eigenvalue weighted by molar-refractivity contribution is 7.92. The van der Waals surface area contributed by atoms with Crippen LogP contribution in [0.5, 0.6) is 0 Å². The molecule has 0 radical (unpaired) electrons. The normalized spacial score (nSPS) is 32.5. The van der Waals surface area contributed by atoms with Crippen LogP contribution >= 0.6 is 0 Å². The van der Waals surface area contributed by atoms with Gasteiger partial charge < -0.3 is 0 Å². The first-order chi connectivity index (χ1) is 12.6. The van der Waals surface area contributed by atoms with Gasteiger partial charge in [-0.2, -0.15) is 0 Å². The molecule has 26 heavy (non-hydrogen) atoms. The van der Waals surface area contributed by atoms with E-state index in [9.17, 15) is 8.42 Å². The summed E-state index contributed by atoms with van der Waals surface area (Å²) < 4.78 is 27.7. The van der Waals surface area contributed by atoms with E-state index >= 15 is 0 Å². The van der Waals surface area contributed by atoms with Crippen molar-refractivity contribution < 1.29 is 8.42 Å². The molecule has 4 heteroatoms. The number of nitrogens with one attached hydrogen (secondary N) is 1. The molecule has 4 aliphatic carbocycles. The van der Waals surface area contributed by atoms with Gasteiger partial charge in [-0.3, -0.25) is 4.72 Å². The minimum absolute atomic E-state index is 0.296. The van der Waals surface area contributed by atoms with Crippen molar-refractivity contribution in [2.24, 2.45) is 23.7 Å². The van der Waals surface area contributed by atoms with Crippen LogP contribution in [0.15, 0.2) is 59.5 Å². The van der Waals surface area contributed by atoms with Crippen molar-refractivity contribution in [3.05, 3.63) is 60.2 Å². The van der Waals surface area contributed by atoms with Crippen LogP contribution < -0.4 is 4.72 Å². The van der Waals surface area contributed by atoms with Gasteiger partial charge in [0.25, 0.3) is 10.0 Å². The lowest BCUT2D eigenvalue weighted by Gasteiger charge is -2.54. The zero-order valence-electron chi connectivity index (χ0n) is 14.8. The second-order valence-electron chi connectivity index (χ2n) is 8.50. The standard InChI is InChI=1S/C22H25NO2S/c24-26(25,21-4-2-1-3-5-21)23-20-8-6-17(7-9-20)22-18-11-15-10-16(13-18)14-19(22)12-15/h1-9,15-16,18-19,22-23H,10-14H2. The summed E-state index contributed by atoms with van der Waals surface area (Å²) in [5.41, 5.74) is 2.04. The Morgan fingerprint density at radius 2 is 1.31 bits per heavy atom. The van der Waals surface area contributed by atoms with Gasteiger partial charge in [0, 0.05) is 5.69 Å². The van der Waals surface area contributed by atoms with E-state index in [2.05, 4.69) is 16.9 Å². The number of rotatable bonds is 4. The lowest BCUT2D eigenvalue weighted by Crippen LogP contribution is -2.43. The van der Waals surface area contributed by atoms with Crippen molar-refractivity contribution in [2.45, 2.75) is 42.9 Å². The van der Waals surface area contributed by atoms with Crippen LogP contribution in [-0.4, -0.2) is 8.42 Å². The minimum Gasteiger partial charge on any atom is -0.280 e. The predicted molar refractivity (Wildman–Crippen MR) is 103 cm³/mol. The van der Waals surface area contributed by atoms with E-state index in [4.69, 9.17) is 0 Å². The lowest BCUT2D eigenvalue weighted by atomic mass is 9.51. The molecule has 0 aromatic heterocycles. The molecule has 0 spiro atoms. The molecule has 3 nitrogen and oxygen atoms in total. The summed E-state index contributed by atoms with van der Waals surface area (Å²) in [7, 11) is -3.52. The third-order valence-electron chi connectivity index (χ3n) is 6.83. The zero-order valence-corrected chi connectivity index (χ0v) is 15.7. The molecule has 6 rings (SSSR count). The molecule has 0 aliphatic heterocycles. The Morgan fingerprint density at radius 3 is 1.88 bits per heavy atom. The number of hydrogen-bond acceptors (Lipinski definition) is 2. The summed E-state index contributed by atoms with van der Waals surface area (Å²) in [5, 5.41) is 0. The summed E-state index contributed by atoms with van der Waals surface area (Å²) in [5.74, 6) is 4.33. The Kier molecular flexibility index (Phi) is 3.85. The lowest BCUT2D eigenvalue weighted by molar-refractivity contribution is -0.00277. The van der Waals surface area contributed by atoms with Crippen LogP contribution in [0.1, 0.15) is 43.6 Å². The quantitative estimate of drug-likeness (QED) is 0.824. The van der Waals surface area contributed by atoms with Crippen LogP contribution in [0.2, 0.25) is 0 Å². The van der Waals surface area contributed by atoms with Crippen molar-refractivity contribution in [1.82, 2.24) is 0 Å². The van der Waals surface area contributed by atoms with E-state index < -0.39 is 10.0 Å². The van der Waals surface area contributed by atoms with Gasteiger partial charge in [0.15, 0.2) is 0 Å². The summed E-state index contributed by atoms with van der Waals surface area (Å²) in [6.45, 7) is 0. The molecule has 136 valence electrons. The first kappa shape index (κ1) is 16.4. The second kappa shape index (κ2) is 6.12. The van der Waals surface area contributed by atoms with Crippen molar-refractivity contribution in [1.29, 1.82) is 0 Å². The molecule has 0 unspecified atom stereocenters. The van der Waals surface area contributed by atoms with Gasteiger partial charge in [0.05, 0.1) is 4.90 Å². The highest BCUT2D eigenvalue weighted by Crippen LogP contribution is 2.59. The molecule has 4 saturated carbocycles. The monoisotopic (exact) mass is 367 g/mol. The maximum atomic E-state index is 12.5. The fourth-order valence-corrected chi connectivity index (χ4v) is 7.14. The highest BCUT2D eigenvalue weighted by atomic mass is 32.2. The van der Waals surface area contributed by atoms with Gasteiger partial charge in [-0.15, -0.1) is 0 Å². The Morgan fingerprint density at radius 1 is 0.731 bits per heavy atom. The minimum atomic E-state index is -3.52. The van der Waals surface area contributed by atoms with Crippen molar-refractivity contribution in [2.75, 3.05) is 4.72 Å². The van der Waals surface area contributed by atoms with Gasteiger partial charge in [-0.05, 0) is 91.5 Å². The molecule has 2 aromatic rings. The van der Waals surface area contributed by atoms with E-state index in [-0.39, 0.29) is 0 Å². The average molecular weight is 368 g/mol. The van der Waals surface area contributed by atoms with E-state index in [1.165, 1.54) is 37.7 Å². The first-order valence-corrected chi connectivity index (χ1v) is 11.2. The smallest absolute Gasteiger partial charge is 0.261 e. The van der Waals surface area contributed by atoms with Gasteiger partial charge in [-0.25, -0.2) is 8.42 Å². The van der Waals surface area contributed by atoms with Crippen LogP contribution in [0.4, 0.5) is 5.69 Å². The first-order valence-electron chi connectivity index (χ1n) is 9.76. The van der Waals surface area contributed by atoms with Crippen molar-refractivity contribution >= 4 is 15.7 Å². The third-order valence-corrected chi connectivity index (χ3v) is 8.23.